The minimum atomic E-state index is -3.88. The number of hydrogen-bond acceptors (Lipinski definition) is 6. The second kappa shape index (κ2) is 9.53. The summed E-state index contributed by atoms with van der Waals surface area (Å²) in [6, 6.07) is 14.8. The van der Waals surface area contributed by atoms with E-state index in [-0.39, 0.29) is 16.9 Å². The Morgan fingerprint density at radius 3 is 2.20 bits per heavy atom. The Labute approximate surface area is 204 Å². The van der Waals surface area contributed by atoms with Crippen LogP contribution in [-0.4, -0.2) is 67.0 Å². The van der Waals surface area contributed by atoms with Crippen LogP contribution in [0.15, 0.2) is 65.7 Å². The molecule has 2 amide bonds. The molecule has 35 heavy (non-hydrogen) atoms. The van der Waals surface area contributed by atoms with E-state index in [1.165, 1.54) is 6.07 Å². The van der Waals surface area contributed by atoms with Crippen LogP contribution < -0.4 is 4.72 Å². The molecule has 0 saturated carbocycles. The number of fused-ring (bicyclic) bond motifs is 1. The Kier molecular flexibility index (Phi) is 6.66. The normalized spacial score (nSPS) is 14.6. The predicted molar refractivity (Wildman–Crippen MR) is 133 cm³/mol. The third kappa shape index (κ3) is 5.71. The van der Waals surface area contributed by atoms with E-state index in [0.29, 0.717) is 42.9 Å². The summed E-state index contributed by atoms with van der Waals surface area (Å²) < 4.78 is 33.9. The van der Waals surface area contributed by atoms with Gasteiger partial charge in [0.05, 0.1) is 5.52 Å². The summed E-state index contributed by atoms with van der Waals surface area (Å²) in [6.07, 6.45) is 1.16. The molecule has 0 aliphatic carbocycles. The van der Waals surface area contributed by atoms with Crippen LogP contribution in [0.1, 0.15) is 31.1 Å². The van der Waals surface area contributed by atoms with Crippen molar-refractivity contribution in [3.05, 3.63) is 66.4 Å². The number of piperazine rings is 1. The van der Waals surface area contributed by atoms with Gasteiger partial charge in [0.25, 0.3) is 15.9 Å². The molecule has 2 aromatic carbocycles. The molecule has 1 fully saturated rings. The van der Waals surface area contributed by atoms with Crippen molar-refractivity contribution in [3.63, 3.8) is 0 Å². The third-order valence-corrected chi connectivity index (χ3v) is 6.90. The van der Waals surface area contributed by atoms with Crippen LogP contribution in [0.4, 0.5) is 10.5 Å². The first-order chi connectivity index (χ1) is 16.5. The standard InChI is InChI=1S/C25H28N4O5S/c1-25(2,3)34-24(31)29-16-14-28(15-17-29)23(30)19-9-11-20(12-10-19)27-35(32,33)21-8-4-6-18-7-5-13-26-22(18)21/h4-13,27H,14-17H2,1-3H3. The van der Waals surface area contributed by atoms with Gasteiger partial charge in [0.1, 0.15) is 10.5 Å². The van der Waals surface area contributed by atoms with Gasteiger partial charge in [0.2, 0.25) is 0 Å². The number of nitrogens with zero attached hydrogens (tertiary/aromatic N) is 3. The highest BCUT2D eigenvalue weighted by Crippen LogP contribution is 2.24. The van der Waals surface area contributed by atoms with Crippen molar-refractivity contribution in [1.29, 1.82) is 0 Å². The molecule has 1 saturated heterocycles. The summed E-state index contributed by atoms with van der Waals surface area (Å²) in [5.74, 6) is -0.179. The van der Waals surface area contributed by atoms with Gasteiger partial charge in [-0.15, -0.1) is 0 Å². The molecule has 1 aliphatic heterocycles. The van der Waals surface area contributed by atoms with E-state index in [9.17, 15) is 18.0 Å². The Morgan fingerprint density at radius 1 is 0.914 bits per heavy atom. The van der Waals surface area contributed by atoms with Gasteiger partial charge in [-0.2, -0.15) is 0 Å². The number of benzene rings is 2. The average Bonchev–Trinajstić information content (AvgIpc) is 2.82. The van der Waals surface area contributed by atoms with Crippen LogP contribution in [0, 0.1) is 0 Å². The second-order valence-corrected chi connectivity index (χ2v) is 10.9. The molecule has 0 spiro atoms. The van der Waals surface area contributed by atoms with Gasteiger partial charge in [0.15, 0.2) is 0 Å². The lowest BCUT2D eigenvalue weighted by Gasteiger charge is -2.35. The van der Waals surface area contributed by atoms with Crippen LogP contribution >= 0.6 is 0 Å². The number of para-hydroxylation sites is 1. The number of pyridine rings is 1. The maximum atomic E-state index is 13.0. The summed E-state index contributed by atoms with van der Waals surface area (Å²) in [5, 5.41) is 0.725. The molecule has 0 atom stereocenters. The number of rotatable bonds is 4. The van der Waals surface area contributed by atoms with E-state index in [1.54, 1.807) is 64.5 Å². The van der Waals surface area contributed by atoms with Crippen molar-refractivity contribution in [2.45, 2.75) is 31.3 Å². The molecule has 1 N–H and O–H groups in total. The molecule has 1 aliphatic rings. The highest BCUT2D eigenvalue weighted by Gasteiger charge is 2.28. The zero-order chi connectivity index (χ0) is 25.2. The monoisotopic (exact) mass is 496 g/mol. The van der Waals surface area contributed by atoms with E-state index in [2.05, 4.69) is 9.71 Å². The van der Waals surface area contributed by atoms with Crippen molar-refractivity contribution in [2.75, 3.05) is 30.9 Å². The molecule has 0 radical (unpaired) electrons. The number of sulfonamides is 1. The molecular weight excluding hydrogens is 468 g/mol. The first-order valence-corrected chi connectivity index (χ1v) is 12.8. The first-order valence-electron chi connectivity index (χ1n) is 11.3. The summed E-state index contributed by atoms with van der Waals surface area (Å²) in [5.41, 5.74) is 0.590. The van der Waals surface area contributed by atoms with Crippen LogP contribution in [0.2, 0.25) is 0 Å². The van der Waals surface area contributed by atoms with E-state index in [0.717, 1.165) is 5.39 Å². The SMILES string of the molecule is CC(C)(C)OC(=O)N1CCN(C(=O)c2ccc(NS(=O)(=O)c3cccc4cccnc34)cc2)CC1. The molecule has 1 aromatic heterocycles. The van der Waals surface area contributed by atoms with Crippen LogP contribution in [0.25, 0.3) is 10.9 Å². The Hall–Kier alpha value is -3.66. The smallest absolute Gasteiger partial charge is 0.410 e. The molecule has 3 aromatic rings. The topological polar surface area (TPSA) is 109 Å². The summed E-state index contributed by atoms with van der Waals surface area (Å²) in [4.78, 5) is 32.7. The predicted octanol–water partition coefficient (Wildman–Crippen LogP) is 3.73. The molecule has 0 bridgehead atoms. The maximum Gasteiger partial charge on any atom is 0.410 e. The number of aromatic nitrogens is 1. The number of hydrogen-bond donors (Lipinski definition) is 1. The zero-order valence-electron chi connectivity index (χ0n) is 19.9. The van der Waals surface area contributed by atoms with Crippen LogP contribution in [-0.2, 0) is 14.8 Å². The van der Waals surface area contributed by atoms with E-state index < -0.39 is 15.6 Å². The fraction of sp³-hybridized carbons (Fsp3) is 0.320. The molecule has 4 rings (SSSR count). The van der Waals surface area contributed by atoms with Gasteiger partial charge in [-0.25, -0.2) is 13.2 Å². The van der Waals surface area contributed by atoms with E-state index in [1.807, 2.05) is 20.8 Å². The van der Waals surface area contributed by atoms with Gasteiger partial charge in [-0.1, -0.05) is 18.2 Å². The molecule has 2 heterocycles. The number of anilines is 1. The minimum Gasteiger partial charge on any atom is -0.444 e. The van der Waals surface area contributed by atoms with Crippen molar-refractivity contribution in [1.82, 2.24) is 14.8 Å². The fourth-order valence-corrected chi connectivity index (χ4v) is 5.02. The number of nitrogens with one attached hydrogen (secondary N) is 1. The Morgan fingerprint density at radius 2 is 1.54 bits per heavy atom. The quantitative estimate of drug-likeness (QED) is 0.590. The van der Waals surface area contributed by atoms with Crippen LogP contribution in [0.5, 0.6) is 0 Å². The van der Waals surface area contributed by atoms with Gasteiger partial charge in [0, 0.05) is 49.0 Å². The van der Waals surface area contributed by atoms with Gasteiger partial charge in [-0.3, -0.25) is 14.5 Å². The lowest BCUT2D eigenvalue weighted by atomic mass is 10.1. The summed E-state index contributed by atoms with van der Waals surface area (Å²) >= 11 is 0. The van der Waals surface area contributed by atoms with E-state index >= 15 is 0 Å². The lowest BCUT2D eigenvalue weighted by molar-refractivity contribution is 0.0141. The summed E-state index contributed by atoms with van der Waals surface area (Å²) in [6.45, 7) is 6.99. The van der Waals surface area contributed by atoms with Crippen LogP contribution in [0.3, 0.4) is 0 Å². The van der Waals surface area contributed by atoms with Crippen molar-refractivity contribution in [2.24, 2.45) is 0 Å². The largest absolute Gasteiger partial charge is 0.444 e. The third-order valence-electron chi connectivity index (χ3n) is 5.49. The number of amides is 2. The number of carbonyl (C=O) groups is 2. The summed E-state index contributed by atoms with van der Waals surface area (Å²) in [7, 11) is -3.88. The molecular formula is C25H28N4O5S. The minimum absolute atomic E-state index is 0.0820. The molecule has 9 nitrogen and oxygen atoms in total. The molecule has 0 unspecified atom stereocenters. The number of carbonyl (C=O) groups excluding carboxylic acids is 2. The van der Waals surface area contributed by atoms with Crippen molar-refractivity contribution < 1.29 is 22.7 Å². The van der Waals surface area contributed by atoms with E-state index in [4.69, 9.17) is 4.74 Å². The molecule has 10 heteroatoms. The second-order valence-electron chi connectivity index (χ2n) is 9.27. The first kappa shape index (κ1) is 24.5. The highest BCUT2D eigenvalue weighted by molar-refractivity contribution is 7.93. The number of ether oxygens (including phenoxy) is 1. The highest BCUT2D eigenvalue weighted by atomic mass is 32.2. The maximum absolute atomic E-state index is 13.0. The van der Waals surface area contributed by atoms with Gasteiger partial charge >= 0.3 is 6.09 Å². The van der Waals surface area contributed by atoms with Gasteiger partial charge in [-0.05, 0) is 57.2 Å². The Bertz CT molecular complexity index is 1340. The Balaban J connectivity index is 1.40. The lowest BCUT2D eigenvalue weighted by Crippen LogP contribution is -2.51. The zero-order valence-corrected chi connectivity index (χ0v) is 20.7. The molecule has 184 valence electrons. The average molecular weight is 497 g/mol. The van der Waals surface area contributed by atoms with Crippen molar-refractivity contribution in [3.8, 4) is 0 Å². The van der Waals surface area contributed by atoms with Crippen molar-refractivity contribution >= 4 is 38.6 Å². The van der Waals surface area contributed by atoms with Gasteiger partial charge < -0.3 is 14.5 Å². The fourth-order valence-electron chi connectivity index (χ4n) is 3.79.